The van der Waals surface area contributed by atoms with E-state index in [0.717, 1.165) is 0 Å². The van der Waals surface area contributed by atoms with Gasteiger partial charge in [-0.15, -0.1) is 0 Å². The highest BCUT2D eigenvalue weighted by Gasteiger charge is 2.18. The molecule has 0 aromatic carbocycles. The monoisotopic (exact) mass is 178 g/mol. The van der Waals surface area contributed by atoms with E-state index in [1.165, 1.54) is 6.26 Å². The van der Waals surface area contributed by atoms with E-state index in [9.17, 15) is 4.79 Å². The minimum Gasteiger partial charge on any atom is -0.500 e. The lowest BCUT2D eigenvalue weighted by Gasteiger charge is -1.93. The van der Waals surface area contributed by atoms with Crippen molar-refractivity contribution >= 4 is 5.78 Å². The molecule has 0 spiro atoms. The third kappa shape index (κ3) is 1.47. The predicted molar refractivity (Wildman–Crippen MR) is 46.2 cm³/mol. The normalized spacial score (nSPS) is 15.3. The van der Waals surface area contributed by atoms with Gasteiger partial charge in [-0.25, -0.2) is 0 Å². The molecule has 1 aliphatic heterocycles. The van der Waals surface area contributed by atoms with E-state index >= 15 is 0 Å². The van der Waals surface area contributed by atoms with E-state index in [2.05, 4.69) is 5.10 Å². The molecule has 13 heavy (non-hydrogen) atoms. The number of Topliss-reactive ketones (excluding diaryl/α,β-unsaturated/α-hetero) is 1. The van der Waals surface area contributed by atoms with Crippen LogP contribution in [0.2, 0.25) is 0 Å². The summed E-state index contributed by atoms with van der Waals surface area (Å²) in [6.07, 6.45) is 3.97. The van der Waals surface area contributed by atoms with Gasteiger partial charge in [-0.05, 0) is 6.07 Å². The molecule has 0 unspecified atom stereocenters. The van der Waals surface area contributed by atoms with Gasteiger partial charge in [0.2, 0.25) is 5.78 Å². The molecule has 4 heteroatoms. The molecule has 2 rings (SSSR count). The van der Waals surface area contributed by atoms with Gasteiger partial charge in [-0.1, -0.05) is 0 Å². The van der Waals surface area contributed by atoms with Gasteiger partial charge in [0, 0.05) is 25.2 Å². The lowest BCUT2D eigenvalue weighted by atomic mass is 10.1. The van der Waals surface area contributed by atoms with E-state index in [-0.39, 0.29) is 5.78 Å². The van der Waals surface area contributed by atoms with Crippen LogP contribution >= 0.6 is 0 Å². The molecular weight excluding hydrogens is 168 g/mol. The number of hydrogen-bond acceptors (Lipinski definition) is 3. The topological polar surface area (TPSA) is 44.1 Å². The fraction of sp³-hybridized carbons (Fsp3) is 0.333. The van der Waals surface area contributed by atoms with Crippen LogP contribution < -0.4 is 0 Å². The maximum Gasteiger partial charge on any atom is 0.212 e. The summed E-state index contributed by atoms with van der Waals surface area (Å²) in [7, 11) is 1.79. The summed E-state index contributed by atoms with van der Waals surface area (Å²) in [5.74, 6) is -0.0295. The van der Waals surface area contributed by atoms with Crippen LogP contribution in [0.5, 0.6) is 0 Å². The van der Waals surface area contributed by atoms with Crippen molar-refractivity contribution in [1.82, 2.24) is 9.78 Å². The Labute approximate surface area is 75.8 Å². The Kier molecular flexibility index (Phi) is 1.88. The lowest BCUT2D eigenvalue weighted by Crippen LogP contribution is -2.03. The largest absolute Gasteiger partial charge is 0.500 e. The summed E-state index contributed by atoms with van der Waals surface area (Å²) in [6, 6.07) is 1.71. The summed E-state index contributed by atoms with van der Waals surface area (Å²) < 4.78 is 6.60. The number of nitrogens with zero attached hydrogens (tertiary/aromatic N) is 2. The first-order valence-corrected chi connectivity index (χ1v) is 4.12. The minimum atomic E-state index is -0.0295. The van der Waals surface area contributed by atoms with Crippen molar-refractivity contribution in [2.45, 2.75) is 6.42 Å². The van der Waals surface area contributed by atoms with Gasteiger partial charge in [0.05, 0.1) is 12.9 Å². The Morgan fingerprint density at radius 1 is 1.69 bits per heavy atom. The number of carbonyl (C=O) groups is 1. The number of rotatable bonds is 2. The number of aromatic nitrogens is 2. The third-order valence-electron chi connectivity index (χ3n) is 1.95. The summed E-state index contributed by atoms with van der Waals surface area (Å²) in [5.41, 5.74) is 1.19. The number of aryl methyl sites for hydroxylation is 1. The second kappa shape index (κ2) is 3.05. The highest BCUT2D eigenvalue weighted by atomic mass is 16.5. The maximum atomic E-state index is 11.6. The standard InChI is InChI=1S/C9H10N2O2/c1-11-4-2-8(10-11)9(12)7-3-5-13-6-7/h2,4,6H,3,5H2,1H3. The van der Waals surface area contributed by atoms with Gasteiger partial charge in [-0.2, -0.15) is 5.10 Å². The van der Waals surface area contributed by atoms with Gasteiger partial charge in [0.15, 0.2) is 0 Å². The summed E-state index contributed by atoms with van der Waals surface area (Å²) in [4.78, 5) is 11.6. The zero-order valence-corrected chi connectivity index (χ0v) is 7.36. The van der Waals surface area contributed by atoms with Gasteiger partial charge in [0.25, 0.3) is 0 Å². The molecule has 0 radical (unpaired) electrons. The average Bonchev–Trinajstić information content (AvgIpc) is 2.72. The third-order valence-corrected chi connectivity index (χ3v) is 1.95. The van der Waals surface area contributed by atoms with E-state index < -0.39 is 0 Å². The van der Waals surface area contributed by atoms with Crippen LogP contribution in [0.25, 0.3) is 0 Å². The molecule has 0 bridgehead atoms. The van der Waals surface area contributed by atoms with E-state index in [1.807, 2.05) is 0 Å². The zero-order valence-electron chi connectivity index (χ0n) is 7.36. The lowest BCUT2D eigenvalue weighted by molar-refractivity contribution is 0.102. The van der Waals surface area contributed by atoms with Gasteiger partial charge in [-0.3, -0.25) is 9.48 Å². The molecule has 1 aromatic heterocycles. The molecule has 4 nitrogen and oxygen atoms in total. The summed E-state index contributed by atoms with van der Waals surface area (Å²) in [5, 5.41) is 4.03. The summed E-state index contributed by atoms with van der Waals surface area (Å²) in [6.45, 7) is 0.605. The molecule has 0 aliphatic carbocycles. The first-order valence-electron chi connectivity index (χ1n) is 4.12. The molecule has 68 valence electrons. The van der Waals surface area contributed by atoms with Crippen LogP contribution in [0.1, 0.15) is 16.9 Å². The SMILES string of the molecule is Cn1ccc(C(=O)C2=COCC2)n1. The Morgan fingerprint density at radius 2 is 2.54 bits per heavy atom. The maximum absolute atomic E-state index is 11.6. The molecule has 0 fully saturated rings. The molecule has 1 aromatic rings. The Bertz CT molecular complexity index is 365. The van der Waals surface area contributed by atoms with Crippen molar-refractivity contribution in [3.05, 3.63) is 29.8 Å². The highest BCUT2D eigenvalue weighted by molar-refractivity contribution is 6.07. The van der Waals surface area contributed by atoms with E-state index in [0.29, 0.717) is 24.3 Å². The fourth-order valence-electron chi connectivity index (χ4n) is 1.26. The first-order chi connectivity index (χ1) is 6.27. The van der Waals surface area contributed by atoms with Crippen molar-refractivity contribution in [1.29, 1.82) is 0 Å². The molecule has 2 heterocycles. The number of ketones is 1. The van der Waals surface area contributed by atoms with Crippen molar-refractivity contribution in [3.63, 3.8) is 0 Å². The zero-order chi connectivity index (χ0) is 9.26. The Balaban J connectivity index is 2.22. The van der Waals surface area contributed by atoms with Crippen LogP contribution in [0.15, 0.2) is 24.1 Å². The van der Waals surface area contributed by atoms with Crippen molar-refractivity contribution in [2.24, 2.45) is 7.05 Å². The molecule has 1 aliphatic rings. The second-order valence-corrected chi connectivity index (χ2v) is 2.97. The minimum absolute atomic E-state index is 0.0295. The van der Waals surface area contributed by atoms with Crippen LogP contribution in [0.3, 0.4) is 0 Å². The molecular formula is C9H10N2O2. The molecule has 0 N–H and O–H groups in total. The van der Waals surface area contributed by atoms with Crippen molar-refractivity contribution in [2.75, 3.05) is 6.61 Å². The quantitative estimate of drug-likeness (QED) is 0.632. The molecule has 0 saturated heterocycles. The van der Waals surface area contributed by atoms with Gasteiger partial charge in [0.1, 0.15) is 5.69 Å². The van der Waals surface area contributed by atoms with E-state index in [4.69, 9.17) is 4.74 Å². The number of hydrogen-bond donors (Lipinski definition) is 0. The average molecular weight is 178 g/mol. The van der Waals surface area contributed by atoms with Crippen molar-refractivity contribution < 1.29 is 9.53 Å². The summed E-state index contributed by atoms with van der Waals surface area (Å²) >= 11 is 0. The van der Waals surface area contributed by atoms with E-state index in [1.54, 1.807) is 24.0 Å². The van der Waals surface area contributed by atoms with Crippen molar-refractivity contribution in [3.8, 4) is 0 Å². The Morgan fingerprint density at radius 3 is 3.08 bits per heavy atom. The Hall–Kier alpha value is -1.58. The highest BCUT2D eigenvalue weighted by Crippen LogP contribution is 2.15. The number of carbonyl (C=O) groups excluding carboxylic acids is 1. The van der Waals surface area contributed by atoms with Crippen LogP contribution in [-0.2, 0) is 11.8 Å². The van der Waals surface area contributed by atoms with Gasteiger partial charge < -0.3 is 4.74 Å². The second-order valence-electron chi connectivity index (χ2n) is 2.97. The fourth-order valence-corrected chi connectivity index (χ4v) is 1.26. The molecule has 0 amide bonds. The van der Waals surface area contributed by atoms with Crippen LogP contribution in [-0.4, -0.2) is 22.2 Å². The van der Waals surface area contributed by atoms with Crippen LogP contribution in [0.4, 0.5) is 0 Å². The number of ether oxygens (including phenoxy) is 1. The smallest absolute Gasteiger partial charge is 0.212 e. The molecule has 0 saturated carbocycles. The molecule has 0 atom stereocenters. The first kappa shape index (κ1) is 8.04. The predicted octanol–water partition coefficient (Wildman–Crippen LogP) is 0.907. The van der Waals surface area contributed by atoms with Crippen LogP contribution in [0, 0.1) is 0 Å². The van der Waals surface area contributed by atoms with Gasteiger partial charge >= 0.3 is 0 Å².